The number of benzene rings is 4. The maximum absolute atomic E-state index is 13.7. The lowest BCUT2D eigenvalue weighted by atomic mass is 10.1. The van der Waals surface area contributed by atoms with Gasteiger partial charge in [-0.3, -0.25) is 0 Å². The number of aromatic nitrogens is 2. The predicted octanol–water partition coefficient (Wildman–Crippen LogP) is 6.34. The molecule has 0 aliphatic heterocycles. The largest absolute Gasteiger partial charge is 0.378 e. The van der Waals surface area contributed by atoms with Gasteiger partial charge in [-0.15, -0.1) is 0 Å². The lowest BCUT2D eigenvalue weighted by Crippen LogP contribution is -2.16. The number of nitrogens with zero attached hydrogens (tertiary/aromatic N) is 2. The Balaban J connectivity index is 1.61. The molecule has 1 heterocycles. The van der Waals surface area contributed by atoms with E-state index in [4.69, 9.17) is 4.18 Å². The SMILES string of the molecule is Cc1ccc(S(=O)(=O)Oc2ccccc2-c2cc(/C=C/c3ccccc3)n(S(=O)(=O)c3ccc(C)cc3)n2)cc1. The Kier molecular flexibility index (Phi) is 7.42. The van der Waals surface area contributed by atoms with Gasteiger partial charge >= 0.3 is 10.1 Å². The average molecular weight is 571 g/mol. The number of hydrogen-bond acceptors (Lipinski definition) is 6. The molecule has 0 N–H and O–H groups in total. The van der Waals surface area contributed by atoms with Crippen LogP contribution in [0, 0.1) is 13.8 Å². The van der Waals surface area contributed by atoms with Crippen LogP contribution in [-0.4, -0.2) is 26.0 Å². The van der Waals surface area contributed by atoms with Crippen LogP contribution < -0.4 is 4.18 Å². The predicted molar refractivity (Wildman–Crippen MR) is 156 cm³/mol. The molecule has 0 saturated carbocycles. The van der Waals surface area contributed by atoms with E-state index in [2.05, 4.69) is 5.10 Å². The molecule has 0 aliphatic rings. The van der Waals surface area contributed by atoms with Gasteiger partial charge in [0.1, 0.15) is 4.90 Å². The minimum absolute atomic E-state index is 0.00636. The number of aryl methyl sites for hydroxylation is 2. The Labute approximate surface area is 234 Å². The molecule has 0 bridgehead atoms. The van der Waals surface area contributed by atoms with Crippen molar-refractivity contribution in [3.8, 4) is 17.0 Å². The molecule has 40 heavy (non-hydrogen) atoms. The number of para-hydroxylation sites is 1. The number of rotatable bonds is 8. The Bertz CT molecular complexity index is 1890. The lowest BCUT2D eigenvalue weighted by molar-refractivity contribution is 0.486. The summed E-state index contributed by atoms with van der Waals surface area (Å²) in [5.74, 6) is 0.0269. The highest BCUT2D eigenvalue weighted by Crippen LogP contribution is 2.33. The van der Waals surface area contributed by atoms with Crippen LogP contribution in [0.3, 0.4) is 0 Å². The van der Waals surface area contributed by atoms with Crippen molar-refractivity contribution in [3.63, 3.8) is 0 Å². The summed E-state index contributed by atoms with van der Waals surface area (Å²) < 4.78 is 60.0. The van der Waals surface area contributed by atoms with Crippen molar-refractivity contribution in [3.05, 3.63) is 132 Å². The van der Waals surface area contributed by atoms with Gasteiger partial charge < -0.3 is 4.18 Å². The van der Waals surface area contributed by atoms with Crippen molar-refractivity contribution in [2.75, 3.05) is 0 Å². The first-order valence-corrected chi connectivity index (χ1v) is 15.2. The second-order valence-corrected chi connectivity index (χ2v) is 12.5. The van der Waals surface area contributed by atoms with Crippen LogP contribution in [0.5, 0.6) is 5.75 Å². The Hall–Kier alpha value is -4.47. The molecule has 0 aliphatic carbocycles. The third-order valence-electron chi connectivity index (χ3n) is 6.17. The first kappa shape index (κ1) is 27.1. The van der Waals surface area contributed by atoms with Crippen molar-refractivity contribution in [2.45, 2.75) is 23.6 Å². The van der Waals surface area contributed by atoms with Crippen molar-refractivity contribution in [1.82, 2.24) is 9.19 Å². The van der Waals surface area contributed by atoms with Crippen LogP contribution in [0.1, 0.15) is 22.4 Å². The zero-order valence-corrected chi connectivity index (χ0v) is 23.4. The summed E-state index contributed by atoms with van der Waals surface area (Å²) in [6.07, 6.45) is 3.44. The standard InChI is InChI=1S/C31H26N2O5S2/c1-23-12-18-27(19-13-23)39(34,35)33-26(17-16-25-8-4-3-5-9-25)22-30(32-33)29-10-6-7-11-31(29)38-40(36,37)28-20-14-24(2)15-21-28/h3-22H,1-2H3/b17-16+. The maximum atomic E-state index is 13.7. The molecule has 4 aromatic carbocycles. The van der Waals surface area contributed by atoms with Crippen LogP contribution in [0.2, 0.25) is 0 Å². The fourth-order valence-electron chi connectivity index (χ4n) is 3.99. The minimum Gasteiger partial charge on any atom is -0.378 e. The van der Waals surface area contributed by atoms with Crippen LogP contribution in [0.25, 0.3) is 23.4 Å². The summed E-state index contributed by atoms with van der Waals surface area (Å²) >= 11 is 0. The Morgan fingerprint density at radius 3 is 1.90 bits per heavy atom. The van der Waals surface area contributed by atoms with Gasteiger partial charge in [0.25, 0.3) is 10.0 Å². The smallest absolute Gasteiger partial charge is 0.339 e. The zero-order valence-electron chi connectivity index (χ0n) is 21.8. The Morgan fingerprint density at radius 2 is 1.25 bits per heavy atom. The van der Waals surface area contributed by atoms with E-state index in [1.165, 1.54) is 30.3 Å². The fourth-order valence-corrected chi connectivity index (χ4v) is 6.21. The monoisotopic (exact) mass is 570 g/mol. The highest BCUT2D eigenvalue weighted by molar-refractivity contribution is 7.90. The molecule has 5 rings (SSSR count). The van der Waals surface area contributed by atoms with Gasteiger partial charge in [0.15, 0.2) is 5.75 Å². The van der Waals surface area contributed by atoms with Gasteiger partial charge in [0.05, 0.1) is 16.3 Å². The average Bonchev–Trinajstić information content (AvgIpc) is 3.38. The second-order valence-electron chi connectivity index (χ2n) is 9.21. The Morgan fingerprint density at radius 1 is 0.675 bits per heavy atom. The van der Waals surface area contributed by atoms with Crippen LogP contribution in [-0.2, 0) is 20.1 Å². The van der Waals surface area contributed by atoms with Crippen molar-refractivity contribution >= 4 is 32.3 Å². The molecule has 202 valence electrons. The molecule has 0 radical (unpaired) electrons. The molecule has 7 nitrogen and oxygen atoms in total. The van der Waals surface area contributed by atoms with E-state index in [9.17, 15) is 16.8 Å². The van der Waals surface area contributed by atoms with Gasteiger partial charge in [-0.1, -0.05) is 83.9 Å². The van der Waals surface area contributed by atoms with Gasteiger partial charge in [0.2, 0.25) is 0 Å². The van der Waals surface area contributed by atoms with E-state index in [0.29, 0.717) is 5.56 Å². The first-order chi connectivity index (χ1) is 19.1. The maximum Gasteiger partial charge on any atom is 0.339 e. The third kappa shape index (κ3) is 5.75. The zero-order chi connectivity index (χ0) is 28.3. The highest BCUT2D eigenvalue weighted by atomic mass is 32.2. The van der Waals surface area contributed by atoms with Gasteiger partial charge in [-0.05, 0) is 68.0 Å². The van der Waals surface area contributed by atoms with E-state index >= 15 is 0 Å². The van der Waals surface area contributed by atoms with Crippen LogP contribution >= 0.6 is 0 Å². The van der Waals surface area contributed by atoms with E-state index < -0.39 is 20.1 Å². The molecule has 9 heteroatoms. The van der Waals surface area contributed by atoms with Crippen molar-refractivity contribution < 1.29 is 21.0 Å². The topological polar surface area (TPSA) is 95.3 Å². The highest BCUT2D eigenvalue weighted by Gasteiger charge is 2.25. The quantitative estimate of drug-likeness (QED) is 0.202. The van der Waals surface area contributed by atoms with Gasteiger partial charge in [-0.25, -0.2) is 0 Å². The second kappa shape index (κ2) is 11.0. The molecule has 0 unspecified atom stereocenters. The fraction of sp³-hybridized carbons (Fsp3) is 0.0645. The molecule has 0 spiro atoms. The van der Waals surface area contributed by atoms with E-state index in [1.807, 2.05) is 44.2 Å². The summed E-state index contributed by atoms with van der Waals surface area (Å²) in [6.45, 7) is 3.73. The molecule has 1 aromatic heterocycles. The van der Waals surface area contributed by atoms with E-state index in [1.54, 1.807) is 60.7 Å². The molecule has 0 saturated heterocycles. The van der Waals surface area contributed by atoms with E-state index in [0.717, 1.165) is 20.8 Å². The summed E-state index contributed by atoms with van der Waals surface area (Å²) in [7, 11) is -8.23. The minimum atomic E-state index is -4.15. The summed E-state index contributed by atoms with van der Waals surface area (Å²) in [4.78, 5) is 0.0838. The third-order valence-corrected chi connectivity index (χ3v) is 9.03. The van der Waals surface area contributed by atoms with Crippen molar-refractivity contribution in [1.29, 1.82) is 0 Å². The summed E-state index contributed by atoms with van der Waals surface area (Å²) in [5.41, 5.74) is 3.55. The molecule has 0 fully saturated rings. The summed E-state index contributed by atoms with van der Waals surface area (Å²) in [5, 5.41) is 4.44. The first-order valence-electron chi connectivity index (χ1n) is 12.4. The number of hydrogen-bond donors (Lipinski definition) is 0. The van der Waals surface area contributed by atoms with Gasteiger partial charge in [0, 0.05) is 5.56 Å². The molecule has 0 atom stereocenters. The normalized spacial score (nSPS) is 12.1. The van der Waals surface area contributed by atoms with Crippen molar-refractivity contribution in [2.24, 2.45) is 0 Å². The lowest BCUT2D eigenvalue weighted by Gasteiger charge is -2.10. The molecule has 5 aromatic rings. The van der Waals surface area contributed by atoms with Crippen LogP contribution in [0.15, 0.2) is 119 Å². The van der Waals surface area contributed by atoms with Crippen LogP contribution in [0.4, 0.5) is 0 Å². The molecular formula is C31H26N2O5S2. The summed E-state index contributed by atoms with van der Waals surface area (Å²) in [6, 6.07) is 30.3. The molecule has 0 amide bonds. The van der Waals surface area contributed by atoms with Gasteiger partial charge in [-0.2, -0.15) is 26.0 Å². The van der Waals surface area contributed by atoms with E-state index in [-0.39, 0.29) is 26.9 Å². The molecular weight excluding hydrogens is 544 g/mol.